The van der Waals surface area contributed by atoms with Gasteiger partial charge in [-0.3, -0.25) is 5.43 Å². The van der Waals surface area contributed by atoms with Crippen LogP contribution in [0, 0.1) is 0 Å². The van der Waals surface area contributed by atoms with E-state index in [1.165, 1.54) is 18.6 Å². The van der Waals surface area contributed by atoms with Crippen LogP contribution in [0.2, 0.25) is 0 Å². The fourth-order valence-corrected chi connectivity index (χ4v) is 2.30. The minimum absolute atomic E-state index is 0.187. The maximum atomic E-state index is 12.6. The molecule has 0 saturated heterocycles. The van der Waals surface area contributed by atoms with Gasteiger partial charge < -0.3 is 5.32 Å². The first-order valence-corrected chi connectivity index (χ1v) is 7.16. The van der Waals surface area contributed by atoms with Gasteiger partial charge >= 0.3 is 6.18 Å². The maximum absolute atomic E-state index is 12.6. The van der Waals surface area contributed by atoms with E-state index >= 15 is 0 Å². The molecule has 0 amide bonds. The molecule has 1 aliphatic rings. The third-order valence-corrected chi connectivity index (χ3v) is 3.39. The van der Waals surface area contributed by atoms with Crippen LogP contribution in [0.5, 0.6) is 0 Å². The summed E-state index contributed by atoms with van der Waals surface area (Å²) in [6.45, 7) is 0. The highest BCUT2D eigenvalue weighted by molar-refractivity contribution is 7.80. The topological polar surface area (TPSA) is 36.4 Å². The van der Waals surface area contributed by atoms with Crippen LogP contribution in [0.4, 0.5) is 18.9 Å². The Kier molecular flexibility index (Phi) is 5.17. The first-order valence-electron chi connectivity index (χ1n) is 6.75. The molecular weight excluding hydrogens is 299 g/mol. The normalized spacial score (nSPS) is 15.5. The van der Waals surface area contributed by atoms with Gasteiger partial charge in [-0.05, 0) is 56.1 Å². The Morgan fingerprint density at radius 3 is 2.52 bits per heavy atom. The van der Waals surface area contributed by atoms with Crippen molar-refractivity contribution in [1.82, 2.24) is 5.43 Å². The third-order valence-electron chi connectivity index (χ3n) is 3.19. The molecule has 0 radical (unpaired) electrons. The van der Waals surface area contributed by atoms with Crippen LogP contribution < -0.4 is 10.7 Å². The Morgan fingerprint density at radius 1 is 1.14 bits per heavy atom. The molecule has 0 aliphatic heterocycles. The fourth-order valence-electron chi connectivity index (χ4n) is 2.13. The molecule has 21 heavy (non-hydrogen) atoms. The van der Waals surface area contributed by atoms with Gasteiger partial charge in [-0.2, -0.15) is 18.3 Å². The number of hydrogen-bond acceptors (Lipinski definition) is 2. The Balaban J connectivity index is 1.93. The van der Waals surface area contributed by atoms with Crippen molar-refractivity contribution in [3.8, 4) is 0 Å². The number of anilines is 1. The van der Waals surface area contributed by atoms with Gasteiger partial charge in [0.05, 0.1) is 5.56 Å². The quantitative estimate of drug-likeness (QED) is 0.630. The first kappa shape index (κ1) is 15.8. The summed E-state index contributed by atoms with van der Waals surface area (Å²) in [5.74, 6) is 0. The van der Waals surface area contributed by atoms with Crippen LogP contribution in [0.25, 0.3) is 0 Å². The third kappa shape index (κ3) is 5.00. The lowest BCUT2D eigenvalue weighted by Crippen LogP contribution is -2.25. The second-order valence-corrected chi connectivity index (χ2v) is 5.29. The summed E-state index contributed by atoms with van der Waals surface area (Å²) in [7, 11) is 0. The lowest BCUT2D eigenvalue weighted by atomic mass is 9.99. The van der Waals surface area contributed by atoms with Crippen molar-refractivity contribution in [1.29, 1.82) is 0 Å². The number of hydrogen-bond donors (Lipinski definition) is 2. The van der Waals surface area contributed by atoms with Crippen molar-refractivity contribution in [2.24, 2.45) is 5.10 Å². The Morgan fingerprint density at radius 2 is 1.86 bits per heavy atom. The van der Waals surface area contributed by atoms with E-state index in [-0.39, 0.29) is 10.8 Å². The highest BCUT2D eigenvalue weighted by atomic mass is 32.1. The van der Waals surface area contributed by atoms with Crippen LogP contribution in [0.3, 0.4) is 0 Å². The second-order valence-electron chi connectivity index (χ2n) is 4.88. The Labute approximate surface area is 126 Å². The van der Waals surface area contributed by atoms with Gasteiger partial charge in [0.25, 0.3) is 0 Å². The van der Waals surface area contributed by atoms with Gasteiger partial charge in [0, 0.05) is 11.4 Å². The van der Waals surface area contributed by atoms with Gasteiger partial charge in [-0.1, -0.05) is 12.5 Å². The number of rotatable bonds is 2. The van der Waals surface area contributed by atoms with E-state index < -0.39 is 11.7 Å². The lowest BCUT2D eigenvalue weighted by Gasteiger charge is -2.14. The molecule has 0 spiro atoms. The van der Waals surface area contributed by atoms with Gasteiger partial charge in [0.1, 0.15) is 0 Å². The van der Waals surface area contributed by atoms with Gasteiger partial charge in [-0.25, -0.2) is 0 Å². The molecule has 2 N–H and O–H groups in total. The summed E-state index contributed by atoms with van der Waals surface area (Å²) in [6.07, 6.45) is 0.974. The van der Waals surface area contributed by atoms with Crippen LogP contribution in [-0.2, 0) is 6.18 Å². The summed E-state index contributed by atoms with van der Waals surface area (Å²) in [4.78, 5) is 0. The van der Waals surface area contributed by atoms with Crippen molar-refractivity contribution in [2.75, 3.05) is 5.32 Å². The summed E-state index contributed by atoms with van der Waals surface area (Å²) in [5, 5.41) is 7.09. The molecule has 1 aromatic rings. The van der Waals surface area contributed by atoms with Crippen molar-refractivity contribution >= 4 is 28.7 Å². The summed E-state index contributed by atoms with van der Waals surface area (Å²) in [5.41, 5.74) is 3.31. The molecule has 0 atom stereocenters. The average Bonchev–Trinajstić information content (AvgIpc) is 2.46. The SMILES string of the molecule is FC(F)(F)c1cccc(NC(=S)NN=C2CCCCC2)c1. The predicted octanol–water partition coefficient (Wildman–Crippen LogP) is 4.31. The molecule has 0 heterocycles. The molecule has 1 fully saturated rings. The number of thiocarbonyl (C=S) groups is 1. The van der Waals surface area contributed by atoms with Gasteiger partial charge in [0.2, 0.25) is 0 Å². The van der Waals surface area contributed by atoms with E-state index in [0.717, 1.165) is 43.5 Å². The monoisotopic (exact) mass is 315 g/mol. The number of hydrazone groups is 1. The van der Waals surface area contributed by atoms with Crippen molar-refractivity contribution < 1.29 is 13.2 Å². The van der Waals surface area contributed by atoms with Crippen molar-refractivity contribution in [3.63, 3.8) is 0 Å². The summed E-state index contributed by atoms with van der Waals surface area (Å²) in [6, 6.07) is 4.89. The number of nitrogens with zero attached hydrogens (tertiary/aromatic N) is 1. The summed E-state index contributed by atoms with van der Waals surface area (Å²) < 4.78 is 37.8. The summed E-state index contributed by atoms with van der Waals surface area (Å²) >= 11 is 5.03. The molecule has 0 unspecified atom stereocenters. The molecule has 1 saturated carbocycles. The number of alkyl halides is 3. The van der Waals surface area contributed by atoms with Crippen LogP contribution in [0.1, 0.15) is 37.7 Å². The molecular formula is C14H16F3N3S. The van der Waals surface area contributed by atoms with Crippen LogP contribution >= 0.6 is 12.2 Å². The van der Waals surface area contributed by atoms with Crippen LogP contribution in [0.15, 0.2) is 29.4 Å². The van der Waals surface area contributed by atoms with E-state index in [1.54, 1.807) is 0 Å². The predicted molar refractivity (Wildman–Crippen MR) is 81.3 cm³/mol. The zero-order valence-electron chi connectivity index (χ0n) is 11.3. The molecule has 1 aliphatic carbocycles. The Hall–Kier alpha value is -1.63. The number of nitrogens with one attached hydrogen (secondary N) is 2. The van der Waals surface area contributed by atoms with E-state index in [2.05, 4.69) is 15.8 Å². The van der Waals surface area contributed by atoms with Crippen molar-refractivity contribution in [2.45, 2.75) is 38.3 Å². The maximum Gasteiger partial charge on any atom is 0.416 e. The molecule has 3 nitrogen and oxygen atoms in total. The highest BCUT2D eigenvalue weighted by Crippen LogP contribution is 2.30. The number of benzene rings is 1. The zero-order chi connectivity index (χ0) is 15.3. The van der Waals surface area contributed by atoms with Crippen LogP contribution in [-0.4, -0.2) is 10.8 Å². The standard InChI is InChI=1S/C14H16F3N3S/c15-14(16,17)10-5-4-8-12(9-10)18-13(21)20-19-11-6-2-1-3-7-11/h4-5,8-9H,1-3,6-7H2,(H2,18,20,21). The fraction of sp³-hybridized carbons (Fsp3) is 0.429. The first-order chi connectivity index (χ1) is 9.95. The van der Waals surface area contributed by atoms with Crippen molar-refractivity contribution in [3.05, 3.63) is 29.8 Å². The van der Waals surface area contributed by atoms with Gasteiger partial charge in [-0.15, -0.1) is 0 Å². The molecule has 0 aromatic heterocycles. The minimum atomic E-state index is -4.37. The average molecular weight is 315 g/mol. The lowest BCUT2D eigenvalue weighted by molar-refractivity contribution is -0.137. The second kappa shape index (κ2) is 6.89. The smallest absolute Gasteiger partial charge is 0.331 e. The van der Waals surface area contributed by atoms with E-state index in [0.29, 0.717) is 0 Å². The molecule has 7 heteroatoms. The molecule has 0 bridgehead atoms. The van der Waals surface area contributed by atoms with E-state index in [9.17, 15) is 13.2 Å². The highest BCUT2D eigenvalue weighted by Gasteiger charge is 2.30. The largest absolute Gasteiger partial charge is 0.416 e. The minimum Gasteiger partial charge on any atom is -0.331 e. The zero-order valence-corrected chi connectivity index (χ0v) is 12.2. The van der Waals surface area contributed by atoms with Gasteiger partial charge in [0.15, 0.2) is 5.11 Å². The molecule has 114 valence electrons. The molecule has 1 aromatic carbocycles. The number of halogens is 3. The van der Waals surface area contributed by atoms with E-state index in [1.807, 2.05) is 0 Å². The Bertz CT molecular complexity index is 533. The van der Waals surface area contributed by atoms with E-state index in [4.69, 9.17) is 12.2 Å². The molecule has 2 rings (SSSR count).